The number of carbonyl (C=O) groups excluding carboxylic acids is 2. The van der Waals surface area contributed by atoms with E-state index in [2.05, 4.69) is 5.32 Å². The van der Waals surface area contributed by atoms with Crippen molar-refractivity contribution in [3.05, 3.63) is 24.2 Å². The summed E-state index contributed by atoms with van der Waals surface area (Å²) in [6, 6.07) is 2.64. The van der Waals surface area contributed by atoms with E-state index in [1.807, 2.05) is 0 Å². The van der Waals surface area contributed by atoms with Crippen LogP contribution in [0.2, 0.25) is 0 Å². The van der Waals surface area contributed by atoms with Gasteiger partial charge in [0.2, 0.25) is 5.78 Å². The highest BCUT2D eigenvalue weighted by Gasteiger charge is 2.38. The Labute approximate surface area is 92.8 Å². The van der Waals surface area contributed by atoms with Crippen molar-refractivity contribution < 1.29 is 18.7 Å². The number of ether oxygens (including phenoxy) is 1. The molecule has 0 bridgehead atoms. The zero-order chi connectivity index (χ0) is 11.8. The summed E-state index contributed by atoms with van der Waals surface area (Å²) in [5, 5.41) is 2.49. The van der Waals surface area contributed by atoms with Crippen LogP contribution in [0.15, 0.2) is 22.8 Å². The second kappa shape index (κ2) is 3.66. The summed E-state index contributed by atoms with van der Waals surface area (Å²) in [6.45, 7) is 3.54. The predicted molar refractivity (Wildman–Crippen MR) is 55.1 cm³/mol. The van der Waals surface area contributed by atoms with Crippen molar-refractivity contribution in [2.75, 3.05) is 0 Å². The van der Waals surface area contributed by atoms with Gasteiger partial charge in [0.15, 0.2) is 5.76 Å². The molecule has 0 aliphatic carbocycles. The lowest BCUT2D eigenvalue weighted by Crippen LogP contribution is -2.53. The van der Waals surface area contributed by atoms with Crippen molar-refractivity contribution in [2.45, 2.75) is 31.9 Å². The number of hydrogen-bond donors (Lipinski definition) is 1. The van der Waals surface area contributed by atoms with Crippen molar-refractivity contribution in [1.82, 2.24) is 5.32 Å². The Morgan fingerprint density at radius 3 is 2.88 bits per heavy atom. The topological polar surface area (TPSA) is 68.5 Å². The van der Waals surface area contributed by atoms with Gasteiger partial charge in [-0.25, -0.2) is 4.79 Å². The maximum Gasteiger partial charge on any atom is 0.408 e. The van der Waals surface area contributed by atoms with Gasteiger partial charge in [0.25, 0.3) is 0 Å². The first-order valence-electron chi connectivity index (χ1n) is 5.05. The van der Waals surface area contributed by atoms with E-state index in [1.165, 1.54) is 6.26 Å². The van der Waals surface area contributed by atoms with E-state index in [0.717, 1.165) is 0 Å². The Morgan fingerprint density at radius 2 is 2.31 bits per heavy atom. The largest absolute Gasteiger partial charge is 0.461 e. The van der Waals surface area contributed by atoms with Crippen LogP contribution in [0.1, 0.15) is 30.8 Å². The maximum absolute atomic E-state index is 11.9. The molecule has 1 aromatic heterocycles. The van der Waals surface area contributed by atoms with E-state index in [-0.39, 0.29) is 11.5 Å². The summed E-state index contributed by atoms with van der Waals surface area (Å²) < 4.78 is 10.0. The number of nitrogens with one attached hydrogen (secondary N) is 1. The number of alkyl carbamates (subject to hydrolysis) is 1. The fraction of sp³-hybridized carbons (Fsp3) is 0.455. The van der Waals surface area contributed by atoms with Gasteiger partial charge in [0.05, 0.1) is 6.26 Å². The standard InChI is InChI=1S/C11H13NO4/c1-11(2)6-7(12-10(14)16-11)9(13)8-4-3-5-15-8/h3-5,7H,6H2,1-2H3,(H,12,14)/t7-/m0/s1. The molecular weight excluding hydrogens is 210 g/mol. The minimum Gasteiger partial charge on any atom is -0.461 e. The predicted octanol–water partition coefficient (Wildman–Crippen LogP) is 1.74. The molecule has 1 aliphatic heterocycles. The first-order valence-corrected chi connectivity index (χ1v) is 5.05. The zero-order valence-electron chi connectivity index (χ0n) is 9.15. The summed E-state index contributed by atoms with van der Waals surface area (Å²) in [7, 11) is 0. The van der Waals surface area contributed by atoms with Gasteiger partial charge in [-0.2, -0.15) is 0 Å². The molecule has 0 aromatic carbocycles. The summed E-state index contributed by atoms with van der Waals surface area (Å²) in [5.74, 6) is 0.0257. The molecule has 1 amide bonds. The number of carbonyl (C=O) groups is 2. The van der Waals surface area contributed by atoms with Crippen LogP contribution in [0.25, 0.3) is 0 Å². The number of furan rings is 1. The van der Waals surface area contributed by atoms with Crippen LogP contribution in [0.5, 0.6) is 0 Å². The van der Waals surface area contributed by atoms with Crippen LogP contribution in [-0.4, -0.2) is 23.5 Å². The molecule has 0 unspecified atom stereocenters. The van der Waals surface area contributed by atoms with Crippen molar-refractivity contribution in [1.29, 1.82) is 0 Å². The van der Waals surface area contributed by atoms with E-state index >= 15 is 0 Å². The third-order valence-corrected chi connectivity index (χ3v) is 2.44. The van der Waals surface area contributed by atoms with Gasteiger partial charge in [-0.05, 0) is 26.0 Å². The molecule has 2 heterocycles. The van der Waals surface area contributed by atoms with Gasteiger partial charge in [-0.15, -0.1) is 0 Å². The van der Waals surface area contributed by atoms with Gasteiger partial charge in [0.1, 0.15) is 11.6 Å². The second-order valence-corrected chi connectivity index (χ2v) is 4.39. The fourth-order valence-corrected chi connectivity index (χ4v) is 1.76. The molecule has 0 spiro atoms. The lowest BCUT2D eigenvalue weighted by molar-refractivity contribution is 0.00115. The summed E-state index contributed by atoms with van der Waals surface area (Å²) in [4.78, 5) is 23.2. The Kier molecular flexibility index (Phi) is 2.46. The normalized spacial score (nSPS) is 23.4. The van der Waals surface area contributed by atoms with Crippen LogP contribution in [0.4, 0.5) is 4.79 Å². The van der Waals surface area contributed by atoms with Gasteiger partial charge in [-0.3, -0.25) is 4.79 Å². The zero-order valence-corrected chi connectivity index (χ0v) is 9.15. The van der Waals surface area contributed by atoms with Crippen molar-refractivity contribution in [2.24, 2.45) is 0 Å². The Morgan fingerprint density at radius 1 is 1.56 bits per heavy atom. The fourth-order valence-electron chi connectivity index (χ4n) is 1.76. The second-order valence-electron chi connectivity index (χ2n) is 4.39. The third-order valence-electron chi connectivity index (χ3n) is 2.44. The van der Waals surface area contributed by atoms with E-state index < -0.39 is 17.7 Å². The molecular formula is C11H13NO4. The highest BCUT2D eigenvalue weighted by Crippen LogP contribution is 2.23. The van der Waals surface area contributed by atoms with E-state index in [0.29, 0.717) is 6.42 Å². The SMILES string of the molecule is CC1(C)C[C@@H](C(=O)c2ccco2)NC(=O)O1. The molecule has 5 nitrogen and oxygen atoms in total. The van der Waals surface area contributed by atoms with E-state index in [4.69, 9.17) is 9.15 Å². The number of rotatable bonds is 2. The van der Waals surface area contributed by atoms with Gasteiger partial charge >= 0.3 is 6.09 Å². The molecule has 1 atom stereocenters. The number of Topliss-reactive ketones (excluding diaryl/α,β-unsaturated/α-hetero) is 1. The number of hydrogen-bond acceptors (Lipinski definition) is 4. The smallest absolute Gasteiger partial charge is 0.408 e. The molecule has 2 rings (SSSR count). The monoisotopic (exact) mass is 223 g/mol. The number of cyclic esters (lactones) is 1. The first kappa shape index (κ1) is 10.7. The van der Waals surface area contributed by atoms with Crippen LogP contribution in [0, 0.1) is 0 Å². The van der Waals surface area contributed by atoms with Crippen LogP contribution < -0.4 is 5.32 Å². The molecule has 1 fully saturated rings. The van der Waals surface area contributed by atoms with Crippen LogP contribution in [-0.2, 0) is 4.74 Å². The Bertz CT molecular complexity index is 408. The van der Waals surface area contributed by atoms with Crippen molar-refractivity contribution >= 4 is 11.9 Å². The molecule has 0 saturated carbocycles. The molecule has 1 aliphatic rings. The lowest BCUT2D eigenvalue weighted by atomic mass is 9.94. The van der Waals surface area contributed by atoms with Gasteiger partial charge in [0, 0.05) is 6.42 Å². The number of amides is 1. The summed E-state index contributed by atoms with van der Waals surface area (Å²) in [6.07, 6.45) is 1.29. The molecule has 16 heavy (non-hydrogen) atoms. The van der Waals surface area contributed by atoms with Gasteiger partial charge < -0.3 is 14.5 Å². The Balaban J connectivity index is 2.16. The molecule has 1 saturated heterocycles. The summed E-state index contributed by atoms with van der Waals surface area (Å²) >= 11 is 0. The van der Waals surface area contributed by atoms with Crippen molar-refractivity contribution in [3.63, 3.8) is 0 Å². The minimum atomic E-state index is -0.630. The summed E-state index contributed by atoms with van der Waals surface area (Å²) in [5.41, 5.74) is -0.630. The minimum absolute atomic E-state index is 0.227. The lowest BCUT2D eigenvalue weighted by Gasteiger charge is -2.34. The first-order chi connectivity index (χ1) is 7.48. The van der Waals surface area contributed by atoms with E-state index in [1.54, 1.807) is 26.0 Å². The van der Waals surface area contributed by atoms with Gasteiger partial charge in [-0.1, -0.05) is 0 Å². The maximum atomic E-state index is 11.9. The molecule has 5 heteroatoms. The number of ketones is 1. The van der Waals surface area contributed by atoms with E-state index in [9.17, 15) is 9.59 Å². The highest BCUT2D eigenvalue weighted by molar-refractivity contribution is 5.99. The highest BCUT2D eigenvalue weighted by atomic mass is 16.6. The van der Waals surface area contributed by atoms with Crippen molar-refractivity contribution in [3.8, 4) is 0 Å². The molecule has 86 valence electrons. The average Bonchev–Trinajstić information content (AvgIpc) is 2.65. The van der Waals surface area contributed by atoms with Crippen LogP contribution in [0.3, 0.4) is 0 Å². The molecule has 1 N–H and O–H groups in total. The molecule has 1 aromatic rings. The quantitative estimate of drug-likeness (QED) is 0.775. The average molecular weight is 223 g/mol. The van der Waals surface area contributed by atoms with Crippen LogP contribution >= 0.6 is 0 Å². The Hall–Kier alpha value is -1.78. The molecule has 0 radical (unpaired) electrons. The third kappa shape index (κ3) is 2.08.